The first-order valence-electron chi connectivity index (χ1n) is 11.6. The predicted octanol–water partition coefficient (Wildman–Crippen LogP) is 3.39. The molecule has 1 aromatic carbocycles. The van der Waals surface area contributed by atoms with Crippen molar-refractivity contribution in [3.63, 3.8) is 0 Å². The minimum Gasteiger partial charge on any atom is -0.490 e. The molecule has 8 heteroatoms. The summed E-state index contributed by atoms with van der Waals surface area (Å²) >= 11 is 0. The Balaban J connectivity index is 1.38. The van der Waals surface area contributed by atoms with Crippen LogP contribution < -0.4 is 14.8 Å². The second-order valence-corrected chi connectivity index (χ2v) is 8.99. The van der Waals surface area contributed by atoms with E-state index in [1.54, 1.807) is 7.05 Å². The number of carbonyl (C=O) groups is 1. The minimum absolute atomic E-state index is 0.0242. The number of fused-ring (bicyclic) bond motifs is 1. The largest absolute Gasteiger partial charge is 0.490 e. The lowest BCUT2D eigenvalue weighted by Gasteiger charge is -2.29. The fraction of sp³-hybridized carbons (Fsp3) is 0.625. The van der Waals surface area contributed by atoms with Gasteiger partial charge in [-0.3, -0.25) is 14.4 Å². The van der Waals surface area contributed by atoms with E-state index in [0.29, 0.717) is 18.7 Å². The highest BCUT2D eigenvalue weighted by Gasteiger charge is 2.27. The molecular formula is C24H34N4O4. The maximum Gasteiger partial charge on any atom is 0.297 e. The maximum atomic E-state index is 11.1. The first kappa shape index (κ1) is 22.6. The SMILES string of the molecule is CN=Cc1cc(OC2CC2)cc2c1nc(OC1CCC(OC[C@H](C)NC(C)=O)CC1)n2C. The van der Waals surface area contributed by atoms with Crippen LogP contribution in [0, 0.1) is 0 Å². The van der Waals surface area contributed by atoms with E-state index in [2.05, 4.69) is 10.3 Å². The van der Waals surface area contributed by atoms with Crippen molar-refractivity contribution in [2.24, 2.45) is 12.0 Å². The van der Waals surface area contributed by atoms with E-state index in [9.17, 15) is 4.79 Å². The average molecular weight is 443 g/mol. The van der Waals surface area contributed by atoms with Crippen LogP contribution in [0.1, 0.15) is 57.9 Å². The minimum atomic E-state index is -0.0275. The Morgan fingerprint density at radius 3 is 2.50 bits per heavy atom. The number of ether oxygens (including phenoxy) is 3. The third kappa shape index (κ3) is 5.59. The van der Waals surface area contributed by atoms with Crippen molar-refractivity contribution in [1.82, 2.24) is 14.9 Å². The number of hydrogen-bond acceptors (Lipinski definition) is 6. The lowest BCUT2D eigenvalue weighted by Crippen LogP contribution is -2.37. The third-order valence-electron chi connectivity index (χ3n) is 5.97. The van der Waals surface area contributed by atoms with Crippen molar-refractivity contribution in [3.8, 4) is 11.8 Å². The molecule has 1 heterocycles. The topological polar surface area (TPSA) is 87.0 Å². The number of amides is 1. The van der Waals surface area contributed by atoms with Crippen LogP contribution >= 0.6 is 0 Å². The summed E-state index contributed by atoms with van der Waals surface area (Å²) in [4.78, 5) is 20.1. The maximum absolute atomic E-state index is 11.1. The van der Waals surface area contributed by atoms with Gasteiger partial charge in [0.25, 0.3) is 6.01 Å². The molecule has 2 aliphatic rings. The highest BCUT2D eigenvalue weighted by molar-refractivity contribution is 5.98. The van der Waals surface area contributed by atoms with E-state index in [1.165, 1.54) is 6.92 Å². The van der Waals surface area contributed by atoms with Crippen LogP contribution in [0.5, 0.6) is 11.8 Å². The Bertz CT molecular complexity index is 974. The Kier molecular flexibility index (Phi) is 6.98. The number of imidazole rings is 1. The Morgan fingerprint density at radius 2 is 1.84 bits per heavy atom. The summed E-state index contributed by atoms with van der Waals surface area (Å²) in [5.41, 5.74) is 2.80. The number of nitrogens with zero attached hydrogens (tertiary/aromatic N) is 3. The van der Waals surface area contributed by atoms with Gasteiger partial charge in [0, 0.05) is 44.9 Å². The first-order valence-corrected chi connectivity index (χ1v) is 11.6. The highest BCUT2D eigenvalue weighted by Crippen LogP contribution is 2.33. The molecule has 1 aromatic heterocycles. The Labute approximate surface area is 189 Å². The number of nitrogens with one attached hydrogen (secondary N) is 1. The number of aryl methyl sites for hydroxylation is 1. The van der Waals surface area contributed by atoms with Crippen LogP contribution in [0.4, 0.5) is 0 Å². The van der Waals surface area contributed by atoms with Gasteiger partial charge in [-0.15, -0.1) is 0 Å². The summed E-state index contributed by atoms with van der Waals surface area (Å²) in [5, 5.41) is 2.86. The van der Waals surface area contributed by atoms with E-state index in [1.807, 2.05) is 36.9 Å². The molecule has 2 fully saturated rings. The van der Waals surface area contributed by atoms with Crippen LogP contribution in [0.2, 0.25) is 0 Å². The molecule has 1 N–H and O–H groups in total. The van der Waals surface area contributed by atoms with Crippen molar-refractivity contribution in [3.05, 3.63) is 17.7 Å². The first-order chi connectivity index (χ1) is 15.4. The van der Waals surface area contributed by atoms with Crippen molar-refractivity contribution in [2.75, 3.05) is 13.7 Å². The molecule has 0 unspecified atom stereocenters. The second-order valence-electron chi connectivity index (χ2n) is 8.99. The van der Waals surface area contributed by atoms with Crippen LogP contribution in [-0.2, 0) is 16.6 Å². The molecule has 174 valence electrons. The number of benzene rings is 1. The van der Waals surface area contributed by atoms with Crippen molar-refractivity contribution in [2.45, 2.75) is 76.7 Å². The lowest BCUT2D eigenvalue weighted by atomic mass is 9.95. The number of rotatable bonds is 9. The van der Waals surface area contributed by atoms with Crippen molar-refractivity contribution < 1.29 is 19.0 Å². The van der Waals surface area contributed by atoms with Gasteiger partial charge in [-0.1, -0.05) is 0 Å². The smallest absolute Gasteiger partial charge is 0.297 e. The molecule has 1 atom stereocenters. The van der Waals surface area contributed by atoms with E-state index in [-0.39, 0.29) is 24.2 Å². The molecule has 32 heavy (non-hydrogen) atoms. The summed E-state index contributed by atoms with van der Waals surface area (Å²) in [7, 11) is 3.74. The van der Waals surface area contributed by atoms with Gasteiger partial charge in [0.1, 0.15) is 17.4 Å². The summed E-state index contributed by atoms with van der Waals surface area (Å²) in [5.74, 6) is 0.829. The van der Waals surface area contributed by atoms with E-state index >= 15 is 0 Å². The normalized spacial score (nSPS) is 22.2. The van der Waals surface area contributed by atoms with Gasteiger partial charge in [0.05, 0.1) is 24.3 Å². The fourth-order valence-electron chi connectivity index (χ4n) is 4.19. The molecule has 2 aliphatic carbocycles. The molecule has 1 amide bonds. The molecule has 0 bridgehead atoms. The van der Waals surface area contributed by atoms with Gasteiger partial charge < -0.3 is 19.5 Å². The van der Waals surface area contributed by atoms with Crippen LogP contribution in [-0.4, -0.2) is 59.7 Å². The van der Waals surface area contributed by atoms with Crippen molar-refractivity contribution >= 4 is 23.2 Å². The molecular weight excluding hydrogens is 408 g/mol. The summed E-state index contributed by atoms with van der Waals surface area (Å²) in [6.07, 6.45) is 8.43. The third-order valence-corrected chi connectivity index (χ3v) is 5.97. The van der Waals surface area contributed by atoms with Gasteiger partial charge in [-0.25, -0.2) is 0 Å². The molecule has 0 spiro atoms. The van der Waals surface area contributed by atoms with Crippen LogP contribution in [0.15, 0.2) is 17.1 Å². The molecule has 2 aromatic rings. The van der Waals surface area contributed by atoms with Crippen molar-refractivity contribution in [1.29, 1.82) is 0 Å². The molecule has 8 nitrogen and oxygen atoms in total. The number of hydrogen-bond donors (Lipinski definition) is 1. The summed E-state index contributed by atoms with van der Waals surface area (Å²) in [6, 6.07) is 4.70. The monoisotopic (exact) mass is 442 g/mol. The Hall–Kier alpha value is -2.61. The molecule has 4 rings (SSSR count). The van der Waals surface area contributed by atoms with E-state index in [4.69, 9.17) is 19.2 Å². The van der Waals surface area contributed by atoms with Gasteiger partial charge in [-0.05, 0) is 51.5 Å². The van der Waals surface area contributed by atoms with Crippen LogP contribution in [0.3, 0.4) is 0 Å². The number of carbonyl (C=O) groups excluding carboxylic acids is 1. The Morgan fingerprint density at radius 1 is 1.19 bits per heavy atom. The quantitative estimate of drug-likeness (QED) is 0.602. The average Bonchev–Trinajstić information content (AvgIpc) is 3.51. The molecule has 0 saturated heterocycles. The van der Waals surface area contributed by atoms with Gasteiger partial charge in [0.2, 0.25) is 5.91 Å². The predicted molar refractivity (Wildman–Crippen MR) is 124 cm³/mol. The number of aromatic nitrogens is 2. The fourth-order valence-corrected chi connectivity index (χ4v) is 4.19. The van der Waals surface area contributed by atoms with Crippen LogP contribution in [0.25, 0.3) is 11.0 Å². The highest BCUT2D eigenvalue weighted by atomic mass is 16.5. The van der Waals surface area contributed by atoms with Gasteiger partial charge in [0.15, 0.2) is 0 Å². The zero-order valence-corrected chi connectivity index (χ0v) is 19.5. The van der Waals surface area contributed by atoms with E-state index < -0.39 is 0 Å². The molecule has 0 radical (unpaired) electrons. The zero-order valence-electron chi connectivity index (χ0n) is 19.5. The standard InChI is InChI=1S/C24H34N4O4/c1-15(26-16(2)29)14-30-18-5-7-20(8-6-18)32-24-27-23-17(13-25-3)11-21(31-19-9-10-19)12-22(23)28(24)4/h11-13,15,18-20H,5-10,14H2,1-4H3,(H,26,29)/t15-,18?,20?/m0/s1. The second kappa shape index (κ2) is 9.90. The van der Waals surface area contributed by atoms with Gasteiger partial charge in [-0.2, -0.15) is 4.98 Å². The van der Waals surface area contributed by atoms with Gasteiger partial charge >= 0.3 is 0 Å². The molecule has 2 saturated carbocycles. The van der Waals surface area contributed by atoms with E-state index in [0.717, 1.165) is 60.9 Å². The lowest BCUT2D eigenvalue weighted by molar-refractivity contribution is -0.120. The zero-order chi connectivity index (χ0) is 22.7. The number of aliphatic imine (C=N–C) groups is 1. The summed E-state index contributed by atoms with van der Waals surface area (Å²) < 4.78 is 20.3. The summed E-state index contributed by atoms with van der Waals surface area (Å²) in [6.45, 7) is 4.02. The molecule has 0 aliphatic heterocycles.